The standard InChI is InChI=1S/C21H16F3NO3S/c22-21(23,24)16-8-6-14(7-9-16)3-2-10-28-18-5-1-4-15(11-18)20-25-17(13-29-20)12-19(26)27/h1-9,11,13H,10,12H2,(H,26,27)/b3-2+. The van der Waals surface area contributed by atoms with Gasteiger partial charge in [-0.2, -0.15) is 13.2 Å². The summed E-state index contributed by atoms with van der Waals surface area (Å²) in [5, 5.41) is 11.2. The molecule has 1 heterocycles. The van der Waals surface area contributed by atoms with E-state index in [9.17, 15) is 18.0 Å². The van der Waals surface area contributed by atoms with Crippen molar-refractivity contribution in [3.8, 4) is 16.3 Å². The van der Waals surface area contributed by atoms with Gasteiger partial charge in [0.15, 0.2) is 0 Å². The van der Waals surface area contributed by atoms with Crippen LogP contribution in [0.3, 0.4) is 0 Å². The Morgan fingerprint density at radius 1 is 1.17 bits per heavy atom. The Balaban J connectivity index is 1.59. The smallest absolute Gasteiger partial charge is 0.416 e. The van der Waals surface area contributed by atoms with Gasteiger partial charge in [0.2, 0.25) is 0 Å². The summed E-state index contributed by atoms with van der Waals surface area (Å²) in [6.07, 6.45) is -1.07. The van der Waals surface area contributed by atoms with Crippen LogP contribution in [0.2, 0.25) is 0 Å². The fraction of sp³-hybridized carbons (Fsp3) is 0.143. The van der Waals surface area contributed by atoms with Crippen LogP contribution in [0.25, 0.3) is 16.6 Å². The second-order valence-corrected chi connectivity index (χ2v) is 6.93. The van der Waals surface area contributed by atoms with E-state index in [1.807, 2.05) is 12.1 Å². The van der Waals surface area contributed by atoms with Gasteiger partial charge < -0.3 is 9.84 Å². The zero-order valence-corrected chi connectivity index (χ0v) is 15.8. The molecule has 1 N–H and O–H groups in total. The molecule has 0 spiro atoms. The molecule has 150 valence electrons. The molecule has 0 aliphatic heterocycles. The quantitative estimate of drug-likeness (QED) is 0.546. The van der Waals surface area contributed by atoms with E-state index < -0.39 is 17.7 Å². The molecule has 2 aromatic carbocycles. The Kier molecular flexibility index (Phi) is 6.33. The zero-order valence-electron chi connectivity index (χ0n) is 15.0. The van der Waals surface area contributed by atoms with Crippen LogP contribution in [0.1, 0.15) is 16.8 Å². The number of alkyl halides is 3. The summed E-state index contributed by atoms with van der Waals surface area (Å²) in [4.78, 5) is 15.1. The lowest BCUT2D eigenvalue weighted by atomic mass is 10.1. The highest BCUT2D eigenvalue weighted by atomic mass is 32.1. The van der Waals surface area contributed by atoms with Crippen molar-refractivity contribution < 1.29 is 27.8 Å². The third kappa shape index (κ3) is 5.92. The largest absolute Gasteiger partial charge is 0.490 e. The maximum atomic E-state index is 12.6. The number of hydrogen-bond acceptors (Lipinski definition) is 4. The van der Waals surface area contributed by atoms with Gasteiger partial charge in [-0.1, -0.05) is 30.3 Å². The van der Waals surface area contributed by atoms with E-state index in [2.05, 4.69) is 4.98 Å². The third-order valence-corrected chi connectivity index (χ3v) is 4.80. The molecule has 8 heteroatoms. The molecule has 29 heavy (non-hydrogen) atoms. The second kappa shape index (κ2) is 8.91. The Bertz CT molecular complexity index is 1010. The maximum absolute atomic E-state index is 12.6. The first kappa shape index (κ1) is 20.6. The molecular weight excluding hydrogens is 403 g/mol. The van der Waals surface area contributed by atoms with Crippen molar-refractivity contribution in [2.75, 3.05) is 6.61 Å². The SMILES string of the molecule is O=C(O)Cc1csc(-c2cccc(OC/C=C/c3ccc(C(F)(F)F)cc3)c2)n1. The molecule has 0 saturated heterocycles. The fourth-order valence-electron chi connectivity index (χ4n) is 2.51. The average Bonchev–Trinajstić information content (AvgIpc) is 3.13. The van der Waals surface area contributed by atoms with Crippen LogP contribution in [0.4, 0.5) is 13.2 Å². The summed E-state index contributed by atoms with van der Waals surface area (Å²) in [5.41, 5.74) is 1.28. The summed E-state index contributed by atoms with van der Waals surface area (Å²) in [6, 6.07) is 12.1. The van der Waals surface area contributed by atoms with Crippen molar-refractivity contribution in [2.45, 2.75) is 12.6 Å². The van der Waals surface area contributed by atoms with E-state index in [1.165, 1.54) is 23.5 Å². The monoisotopic (exact) mass is 419 g/mol. The summed E-state index contributed by atoms with van der Waals surface area (Å²) in [5.74, 6) is -0.326. The molecule has 1 aromatic heterocycles. The van der Waals surface area contributed by atoms with Gasteiger partial charge in [-0.15, -0.1) is 11.3 Å². The molecule has 0 radical (unpaired) electrons. The molecule has 0 saturated carbocycles. The number of carbonyl (C=O) groups is 1. The molecule has 0 unspecified atom stereocenters. The molecule has 3 aromatic rings. The van der Waals surface area contributed by atoms with Gasteiger partial charge in [-0.25, -0.2) is 4.98 Å². The van der Waals surface area contributed by atoms with E-state index >= 15 is 0 Å². The molecule has 0 bridgehead atoms. The molecule has 0 fully saturated rings. The highest BCUT2D eigenvalue weighted by molar-refractivity contribution is 7.13. The van der Waals surface area contributed by atoms with Crippen LogP contribution in [-0.4, -0.2) is 22.7 Å². The van der Waals surface area contributed by atoms with Gasteiger partial charge in [-0.3, -0.25) is 4.79 Å². The molecule has 0 amide bonds. The van der Waals surface area contributed by atoms with Gasteiger partial charge in [0.25, 0.3) is 0 Å². The summed E-state index contributed by atoms with van der Waals surface area (Å²) >= 11 is 1.36. The number of carboxylic acid groups (broad SMARTS) is 1. The van der Waals surface area contributed by atoms with Crippen LogP contribution in [-0.2, 0) is 17.4 Å². The molecule has 0 atom stereocenters. The van der Waals surface area contributed by atoms with Crippen LogP contribution in [0.15, 0.2) is 60.0 Å². The number of thiazole rings is 1. The number of ether oxygens (including phenoxy) is 1. The minimum absolute atomic E-state index is 0.124. The number of hydrogen-bond donors (Lipinski definition) is 1. The van der Waals surface area contributed by atoms with Crippen LogP contribution in [0.5, 0.6) is 5.75 Å². The number of rotatable bonds is 7. The lowest BCUT2D eigenvalue weighted by Gasteiger charge is -2.06. The van der Waals surface area contributed by atoms with Crippen molar-refractivity contribution in [2.24, 2.45) is 0 Å². The van der Waals surface area contributed by atoms with Crippen molar-refractivity contribution in [1.82, 2.24) is 4.98 Å². The van der Waals surface area contributed by atoms with Gasteiger partial charge in [0.05, 0.1) is 17.7 Å². The minimum atomic E-state index is -4.35. The van der Waals surface area contributed by atoms with Gasteiger partial charge in [-0.05, 0) is 35.9 Å². The Labute approximate surface area is 168 Å². The van der Waals surface area contributed by atoms with Gasteiger partial charge in [0.1, 0.15) is 17.4 Å². The van der Waals surface area contributed by atoms with Gasteiger partial charge >= 0.3 is 12.1 Å². The van der Waals surface area contributed by atoms with Crippen molar-refractivity contribution in [3.05, 3.63) is 76.8 Å². The molecule has 0 aliphatic rings. The van der Waals surface area contributed by atoms with E-state index in [4.69, 9.17) is 9.84 Å². The average molecular weight is 419 g/mol. The molecule has 3 rings (SSSR count). The first-order valence-corrected chi connectivity index (χ1v) is 9.42. The highest BCUT2D eigenvalue weighted by Crippen LogP contribution is 2.29. The second-order valence-electron chi connectivity index (χ2n) is 6.08. The number of benzene rings is 2. The number of aromatic nitrogens is 1. The molecular formula is C21H16F3NO3S. The van der Waals surface area contributed by atoms with E-state index in [1.54, 1.807) is 29.7 Å². The molecule has 4 nitrogen and oxygen atoms in total. The predicted octanol–water partition coefficient (Wildman–Crippen LogP) is 5.55. The lowest BCUT2D eigenvalue weighted by molar-refractivity contribution is -0.138. The van der Waals surface area contributed by atoms with Crippen LogP contribution in [0, 0.1) is 0 Å². The summed E-state index contributed by atoms with van der Waals surface area (Å²) in [7, 11) is 0. The zero-order chi connectivity index (χ0) is 20.9. The highest BCUT2D eigenvalue weighted by Gasteiger charge is 2.29. The number of halogens is 3. The Morgan fingerprint density at radius 3 is 2.62 bits per heavy atom. The van der Waals surface area contributed by atoms with E-state index in [0.717, 1.165) is 17.7 Å². The Hall–Kier alpha value is -3.13. The van der Waals surface area contributed by atoms with Crippen molar-refractivity contribution in [1.29, 1.82) is 0 Å². The normalized spacial score (nSPS) is 11.7. The van der Waals surface area contributed by atoms with E-state index in [0.29, 0.717) is 22.0 Å². The van der Waals surface area contributed by atoms with Gasteiger partial charge in [0, 0.05) is 10.9 Å². The first-order chi connectivity index (χ1) is 13.8. The van der Waals surface area contributed by atoms with Crippen LogP contribution < -0.4 is 4.74 Å². The van der Waals surface area contributed by atoms with Crippen LogP contribution >= 0.6 is 11.3 Å². The predicted molar refractivity (Wildman–Crippen MR) is 105 cm³/mol. The van der Waals surface area contributed by atoms with Crippen molar-refractivity contribution in [3.63, 3.8) is 0 Å². The molecule has 0 aliphatic carbocycles. The third-order valence-electron chi connectivity index (χ3n) is 3.86. The minimum Gasteiger partial charge on any atom is -0.490 e. The fourth-order valence-corrected chi connectivity index (χ4v) is 3.32. The topological polar surface area (TPSA) is 59.4 Å². The van der Waals surface area contributed by atoms with Crippen molar-refractivity contribution >= 4 is 23.4 Å². The lowest BCUT2D eigenvalue weighted by Crippen LogP contribution is -2.03. The number of carboxylic acids is 1. The first-order valence-electron chi connectivity index (χ1n) is 8.54. The number of nitrogens with zero attached hydrogens (tertiary/aromatic N) is 1. The Morgan fingerprint density at radius 2 is 1.93 bits per heavy atom. The number of aliphatic carboxylic acids is 1. The maximum Gasteiger partial charge on any atom is 0.416 e. The summed E-state index contributed by atoms with van der Waals surface area (Å²) in [6.45, 7) is 0.243. The van der Waals surface area contributed by atoms with E-state index in [-0.39, 0.29) is 13.0 Å². The summed E-state index contributed by atoms with van der Waals surface area (Å²) < 4.78 is 43.3.